The number of hydrogen-bond donors (Lipinski definition) is 1. The highest BCUT2D eigenvalue weighted by molar-refractivity contribution is 7.17. The van der Waals surface area contributed by atoms with Crippen LogP contribution in [0.25, 0.3) is 27.6 Å². The summed E-state index contributed by atoms with van der Waals surface area (Å²) in [5.74, 6) is -0.489. The molecule has 0 aliphatic heterocycles. The summed E-state index contributed by atoms with van der Waals surface area (Å²) in [5.41, 5.74) is 9.33. The molecule has 4 aromatic rings. The average molecular weight is 335 g/mol. The van der Waals surface area contributed by atoms with E-state index in [1.54, 1.807) is 10.7 Å². The molecule has 4 rings (SSSR count). The molecule has 0 saturated heterocycles. The number of aromatic nitrogens is 4. The van der Waals surface area contributed by atoms with E-state index in [0.717, 1.165) is 22.6 Å². The molecule has 3 heterocycles. The van der Waals surface area contributed by atoms with Gasteiger partial charge in [0.25, 0.3) is 5.91 Å². The number of hydrogen-bond acceptors (Lipinski definition) is 5. The predicted molar refractivity (Wildman–Crippen MR) is 92.8 cm³/mol. The molecule has 0 aliphatic rings. The third-order valence-corrected chi connectivity index (χ3v) is 4.74. The van der Waals surface area contributed by atoms with Crippen molar-refractivity contribution in [2.75, 3.05) is 0 Å². The molecule has 0 atom stereocenters. The Labute approximate surface area is 141 Å². The van der Waals surface area contributed by atoms with E-state index in [2.05, 4.69) is 15.1 Å². The Kier molecular flexibility index (Phi) is 3.35. The van der Waals surface area contributed by atoms with Gasteiger partial charge in [-0.3, -0.25) is 4.79 Å². The number of fused-ring (bicyclic) bond motifs is 1. The van der Waals surface area contributed by atoms with E-state index < -0.39 is 5.91 Å². The van der Waals surface area contributed by atoms with Gasteiger partial charge in [-0.25, -0.2) is 14.5 Å². The first-order valence-electron chi connectivity index (χ1n) is 7.32. The minimum atomic E-state index is -0.489. The van der Waals surface area contributed by atoms with Gasteiger partial charge >= 0.3 is 0 Å². The molecular formula is C17H13N5OS. The molecule has 0 aliphatic carbocycles. The fourth-order valence-electron chi connectivity index (χ4n) is 2.62. The van der Waals surface area contributed by atoms with E-state index in [-0.39, 0.29) is 0 Å². The van der Waals surface area contributed by atoms with Gasteiger partial charge in [0.2, 0.25) is 0 Å². The van der Waals surface area contributed by atoms with Crippen LogP contribution in [0.1, 0.15) is 15.4 Å². The molecule has 0 spiro atoms. The molecule has 1 aromatic carbocycles. The van der Waals surface area contributed by atoms with Crippen LogP contribution in [0.5, 0.6) is 0 Å². The van der Waals surface area contributed by atoms with Gasteiger partial charge in [-0.15, -0.1) is 11.3 Å². The van der Waals surface area contributed by atoms with Crippen LogP contribution in [-0.2, 0) is 0 Å². The number of carbonyl (C=O) groups is 1. The lowest BCUT2D eigenvalue weighted by Gasteiger charge is -1.98. The number of nitrogens with zero attached hydrogens (tertiary/aromatic N) is 4. The molecule has 0 unspecified atom stereocenters. The molecule has 0 fully saturated rings. The molecule has 0 radical (unpaired) electrons. The molecular weight excluding hydrogens is 322 g/mol. The van der Waals surface area contributed by atoms with Crippen LogP contribution in [0.15, 0.2) is 48.7 Å². The van der Waals surface area contributed by atoms with Crippen LogP contribution in [0.2, 0.25) is 0 Å². The van der Waals surface area contributed by atoms with Crippen molar-refractivity contribution in [2.24, 2.45) is 5.73 Å². The lowest BCUT2D eigenvalue weighted by Crippen LogP contribution is -2.10. The molecule has 3 aromatic heterocycles. The summed E-state index contributed by atoms with van der Waals surface area (Å²) in [7, 11) is 0. The van der Waals surface area contributed by atoms with E-state index in [1.165, 1.54) is 11.3 Å². The number of nitrogens with two attached hydrogens (primary N) is 1. The van der Waals surface area contributed by atoms with E-state index in [1.807, 2.05) is 49.4 Å². The Morgan fingerprint density at radius 3 is 2.67 bits per heavy atom. The quantitative estimate of drug-likeness (QED) is 0.624. The zero-order valence-corrected chi connectivity index (χ0v) is 13.6. The van der Waals surface area contributed by atoms with Crippen LogP contribution < -0.4 is 5.73 Å². The zero-order valence-electron chi connectivity index (χ0n) is 12.8. The smallest absolute Gasteiger partial charge is 0.261 e. The third kappa shape index (κ3) is 2.26. The maximum Gasteiger partial charge on any atom is 0.261 e. The molecule has 0 saturated carbocycles. The van der Waals surface area contributed by atoms with Crippen molar-refractivity contribution in [1.29, 1.82) is 0 Å². The fourth-order valence-corrected chi connectivity index (χ4v) is 3.65. The largest absolute Gasteiger partial charge is 0.365 e. The topological polar surface area (TPSA) is 86.2 Å². The fraction of sp³-hybridized carbons (Fsp3) is 0.0588. The second kappa shape index (κ2) is 5.54. The Morgan fingerprint density at radius 2 is 1.92 bits per heavy atom. The number of aryl methyl sites for hydroxylation is 1. The summed E-state index contributed by atoms with van der Waals surface area (Å²) < 4.78 is 1.73. The van der Waals surface area contributed by atoms with E-state index >= 15 is 0 Å². The highest BCUT2D eigenvalue weighted by Gasteiger charge is 2.22. The van der Waals surface area contributed by atoms with Gasteiger partial charge in [0.15, 0.2) is 5.65 Å². The molecule has 118 valence electrons. The predicted octanol–water partition coefficient (Wildman–Crippen LogP) is 2.93. The maximum atomic E-state index is 11.9. The molecule has 7 heteroatoms. The van der Waals surface area contributed by atoms with Crippen molar-refractivity contribution < 1.29 is 4.79 Å². The number of rotatable bonds is 3. The minimum absolute atomic E-state index is 0.432. The van der Waals surface area contributed by atoms with Crippen molar-refractivity contribution in [3.05, 3.63) is 59.2 Å². The van der Waals surface area contributed by atoms with Crippen LogP contribution in [-0.4, -0.2) is 25.5 Å². The molecule has 0 bridgehead atoms. The SMILES string of the molecule is Cc1nc2cccnn2c1-c1nc(-c2ccccc2)c(C(N)=O)s1. The molecule has 1 amide bonds. The first-order valence-corrected chi connectivity index (χ1v) is 8.13. The van der Waals surface area contributed by atoms with Crippen molar-refractivity contribution in [1.82, 2.24) is 19.6 Å². The number of thiazole rings is 1. The van der Waals surface area contributed by atoms with Crippen LogP contribution in [0.3, 0.4) is 0 Å². The van der Waals surface area contributed by atoms with Gasteiger partial charge in [0.05, 0.1) is 11.4 Å². The summed E-state index contributed by atoms with van der Waals surface area (Å²) in [6.45, 7) is 1.90. The van der Waals surface area contributed by atoms with Gasteiger partial charge < -0.3 is 5.73 Å². The van der Waals surface area contributed by atoms with Gasteiger partial charge in [0.1, 0.15) is 15.6 Å². The first kappa shape index (κ1) is 14.5. The summed E-state index contributed by atoms with van der Waals surface area (Å²) in [4.78, 5) is 21.5. The molecule has 6 nitrogen and oxygen atoms in total. The summed E-state index contributed by atoms with van der Waals surface area (Å²) in [5, 5.41) is 5.01. The highest BCUT2D eigenvalue weighted by Crippen LogP contribution is 2.35. The van der Waals surface area contributed by atoms with E-state index in [0.29, 0.717) is 15.6 Å². The van der Waals surface area contributed by atoms with Gasteiger partial charge in [-0.05, 0) is 19.1 Å². The van der Waals surface area contributed by atoms with Crippen LogP contribution in [0, 0.1) is 6.92 Å². The lowest BCUT2D eigenvalue weighted by molar-refractivity contribution is 0.100. The monoisotopic (exact) mass is 335 g/mol. The highest BCUT2D eigenvalue weighted by atomic mass is 32.1. The Balaban J connectivity index is 1.97. The Morgan fingerprint density at radius 1 is 1.12 bits per heavy atom. The number of benzene rings is 1. The van der Waals surface area contributed by atoms with Crippen molar-refractivity contribution in [3.63, 3.8) is 0 Å². The van der Waals surface area contributed by atoms with E-state index in [9.17, 15) is 4.79 Å². The van der Waals surface area contributed by atoms with Crippen LogP contribution in [0.4, 0.5) is 0 Å². The summed E-state index contributed by atoms with van der Waals surface area (Å²) >= 11 is 1.26. The number of carbonyl (C=O) groups excluding carboxylic acids is 1. The molecule has 24 heavy (non-hydrogen) atoms. The summed E-state index contributed by atoms with van der Waals surface area (Å²) in [6.07, 6.45) is 1.69. The van der Waals surface area contributed by atoms with Crippen molar-refractivity contribution >= 4 is 22.9 Å². The normalized spacial score (nSPS) is 11.0. The number of amides is 1. The summed E-state index contributed by atoms with van der Waals surface area (Å²) in [6, 6.07) is 13.2. The standard InChI is InChI=1S/C17H13N5OS/c1-10-14(22-12(20-10)8-5-9-19-22)17-21-13(15(24-17)16(18)23)11-6-3-2-4-7-11/h2-9H,1H3,(H2,18,23). The van der Waals surface area contributed by atoms with Gasteiger partial charge in [-0.1, -0.05) is 30.3 Å². The Hall–Kier alpha value is -3.06. The zero-order chi connectivity index (χ0) is 16.7. The van der Waals surface area contributed by atoms with E-state index in [4.69, 9.17) is 5.73 Å². The maximum absolute atomic E-state index is 11.9. The van der Waals surface area contributed by atoms with Crippen molar-refractivity contribution in [3.8, 4) is 22.0 Å². The second-order valence-corrected chi connectivity index (χ2v) is 6.27. The van der Waals surface area contributed by atoms with Crippen LogP contribution >= 0.6 is 11.3 Å². The second-order valence-electron chi connectivity index (χ2n) is 5.27. The number of primary amides is 1. The average Bonchev–Trinajstić information content (AvgIpc) is 3.16. The number of imidazole rings is 1. The first-order chi connectivity index (χ1) is 11.6. The lowest BCUT2D eigenvalue weighted by atomic mass is 10.1. The Bertz CT molecular complexity index is 1050. The van der Waals surface area contributed by atoms with Gasteiger partial charge in [0, 0.05) is 11.8 Å². The molecule has 2 N–H and O–H groups in total. The van der Waals surface area contributed by atoms with Gasteiger partial charge in [-0.2, -0.15) is 5.10 Å². The third-order valence-electron chi connectivity index (χ3n) is 3.67. The van der Waals surface area contributed by atoms with Crippen molar-refractivity contribution in [2.45, 2.75) is 6.92 Å². The minimum Gasteiger partial charge on any atom is -0.365 e.